The number of rotatable bonds is 4. The first-order chi connectivity index (χ1) is 9.20. The van der Waals surface area contributed by atoms with Crippen LogP contribution in [0.3, 0.4) is 0 Å². The van der Waals surface area contributed by atoms with Crippen molar-refractivity contribution in [3.05, 3.63) is 23.0 Å². The number of fused-ring (bicyclic) bond motifs is 5. The van der Waals surface area contributed by atoms with Crippen molar-refractivity contribution in [2.75, 3.05) is 0 Å². The van der Waals surface area contributed by atoms with Crippen molar-refractivity contribution in [2.45, 2.75) is 59.2 Å². The first-order valence-electron chi connectivity index (χ1n) is 8.09. The largest absolute Gasteiger partial charge is 0.349 e. The van der Waals surface area contributed by atoms with Crippen LogP contribution in [0.15, 0.2) is 6.07 Å². The number of aromatic nitrogens is 1. The lowest BCUT2D eigenvalue weighted by atomic mass is 10.0. The minimum Gasteiger partial charge on any atom is -0.349 e. The van der Waals surface area contributed by atoms with Gasteiger partial charge < -0.3 is 9.88 Å². The Bertz CT molecular complexity index is 486. The summed E-state index contributed by atoms with van der Waals surface area (Å²) in [5.74, 6) is 4.26. The fraction of sp³-hybridized carbons (Fsp3) is 0.765. The molecule has 4 rings (SSSR count). The van der Waals surface area contributed by atoms with Gasteiger partial charge in [-0.25, -0.2) is 0 Å². The minimum atomic E-state index is 0.857. The van der Waals surface area contributed by atoms with Gasteiger partial charge in [0.1, 0.15) is 0 Å². The number of aryl methyl sites for hydroxylation is 1. The first-order valence-corrected chi connectivity index (χ1v) is 8.09. The van der Waals surface area contributed by atoms with E-state index in [1.165, 1.54) is 29.8 Å². The molecule has 4 unspecified atom stereocenters. The van der Waals surface area contributed by atoms with Crippen molar-refractivity contribution in [1.82, 2.24) is 9.88 Å². The highest BCUT2D eigenvalue weighted by molar-refractivity contribution is 5.27. The molecule has 3 fully saturated rings. The van der Waals surface area contributed by atoms with E-state index in [9.17, 15) is 0 Å². The van der Waals surface area contributed by atoms with Crippen LogP contribution in [0.25, 0.3) is 0 Å². The molecule has 1 N–H and O–H groups in total. The van der Waals surface area contributed by atoms with Crippen LogP contribution in [0, 0.1) is 37.5 Å². The van der Waals surface area contributed by atoms with Crippen molar-refractivity contribution in [3.63, 3.8) is 0 Å². The van der Waals surface area contributed by atoms with Crippen molar-refractivity contribution in [3.8, 4) is 0 Å². The molecule has 4 atom stereocenters. The van der Waals surface area contributed by atoms with Gasteiger partial charge in [0.25, 0.3) is 0 Å². The molecule has 0 aliphatic heterocycles. The van der Waals surface area contributed by atoms with Crippen LogP contribution < -0.4 is 5.32 Å². The van der Waals surface area contributed by atoms with Gasteiger partial charge in [0.2, 0.25) is 0 Å². The summed E-state index contributed by atoms with van der Waals surface area (Å²) < 4.78 is 2.43. The molecule has 3 aliphatic rings. The molecule has 2 nitrogen and oxygen atoms in total. The summed E-state index contributed by atoms with van der Waals surface area (Å²) in [5.41, 5.74) is 4.38. The Labute approximate surface area is 116 Å². The second kappa shape index (κ2) is 4.12. The summed E-state index contributed by atoms with van der Waals surface area (Å²) in [6.07, 6.45) is 4.60. The molecule has 0 amide bonds. The fourth-order valence-corrected chi connectivity index (χ4v) is 5.36. The van der Waals surface area contributed by atoms with Crippen LogP contribution in [0.4, 0.5) is 0 Å². The van der Waals surface area contributed by atoms with Crippen LogP contribution in [-0.2, 0) is 13.1 Å². The van der Waals surface area contributed by atoms with E-state index in [-0.39, 0.29) is 0 Å². The summed E-state index contributed by atoms with van der Waals surface area (Å²) in [5, 5.41) is 3.87. The summed E-state index contributed by atoms with van der Waals surface area (Å²) in [6, 6.07) is 3.23. The maximum absolute atomic E-state index is 3.87. The monoisotopic (exact) mass is 258 g/mol. The van der Waals surface area contributed by atoms with E-state index in [2.05, 4.69) is 36.7 Å². The Hall–Kier alpha value is -0.760. The number of nitrogens with one attached hydrogen (secondary N) is 1. The molecule has 0 aromatic carbocycles. The molecule has 2 bridgehead atoms. The van der Waals surface area contributed by atoms with Crippen molar-refractivity contribution >= 4 is 0 Å². The van der Waals surface area contributed by atoms with Crippen LogP contribution in [0.5, 0.6) is 0 Å². The molecular weight excluding hydrogens is 232 g/mol. The molecule has 0 spiro atoms. The average Bonchev–Trinajstić information content (AvgIpc) is 2.72. The normalized spacial score (nSPS) is 38.8. The van der Waals surface area contributed by atoms with Gasteiger partial charge in [0.15, 0.2) is 0 Å². The van der Waals surface area contributed by atoms with Crippen LogP contribution in [-0.4, -0.2) is 10.6 Å². The maximum Gasteiger partial charge on any atom is 0.0226 e. The van der Waals surface area contributed by atoms with E-state index < -0.39 is 0 Å². The van der Waals surface area contributed by atoms with Crippen LogP contribution in [0.2, 0.25) is 0 Å². The Morgan fingerprint density at radius 3 is 2.47 bits per heavy atom. The summed E-state index contributed by atoms with van der Waals surface area (Å²) in [7, 11) is 0. The zero-order valence-corrected chi connectivity index (χ0v) is 12.4. The van der Waals surface area contributed by atoms with E-state index in [1.54, 1.807) is 6.42 Å². The smallest absolute Gasteiger partial charge is 0.0226 e. The highest BCUT2D eigenvalue weighted by Crippen LogP contribution is 2.65. The molecule has 19 heavy (non-hydrogen) atoms. The number of nitrogens with zero attached hydrogens (tertiary/aromatic N) is 1. The molecule has 3 aliphatic carbocycles. The van der Waals surface area contributed by atoms with Gasteiger partial charge in [-0.3, -0.25) is 0 Å². The predicted octanol–water partition coefficient (Wildman–Crippen LogP) is 3.26. The Balaban J connectivity index is 1.41. The van der Waals surface area contributed by atoms with Gasteiger partial charge in [-0.15, -0.1) is 0 Å². The second-order valence-corrected chi connectivity index (χ2v) is 7.04. The highest BCUT2D eigenvalue weighted by Gasteiger charge is 2.64. The molecule has 1 heterocycles. The van der Waals surface area contributed by atoms with Crippen LogP contribution in [0.1, 0.15) is 43.1 Å². The molecule has 1 aromatic heterocycles. The quantitative estimate of drug-likeness (QED) is 0.877. The van der Waals surface area contributed by atoms with E-state index in [1.807, 2.05) is 0 Å². The van der Waals surface area contributed by atoms with Gasteiger partial charge >= 0.3 is 0 Å². The summed E-state index contributed by atoms with van der Waals surface area (Å²) in [4.78, 5) is 0. The highest BCUT2D eigenvalue weighted by atomic mass is 15.0. The Kier molecular flexibility index (Phi) is 2.60. The Morgan fingerprint density at radius 2 is 1.89 bits per heavy atom. The molecular formula is C17H26N2. The lowest BCUT2D eigenvalue weighted by Gasteiger charge is -2.11. The van der Waals surface area contributed by atoms with E-state index in [0.29, 0.717) is 0 Å². The van der Waals surface area contributed by atoms with Gasteiger partial charge in [0.05, 0.1) is 0 Å². The van der Waals surface area contributed by atoms with Gasteiger partial charge in [-0.2, -0.15) is 0 Å². The van der Waals surface area contributed by atoms with Crippen molar-refractivity contribution in [1.29, 1.82) is 0 Å². The number of hydrogen-bond acceptors (Lipinski definition) is 1. The third kappa shape index (κ3) is 1.65. The average molecular weight is 258 g/mol. The third-order valence-corrected chi connectivity index (χ3v) is 6.26. The lowest BCUT2D eigenvalue weighted by Crippen LogP contribution is -2.22. The van der Waals surface area contributed by atoms with Gasteiger partial charge in [-0.1, -0.05) is 0 Å². The summed E-state index contributed by atoms with van der Waals surface area (Å²) >= 11 is 0. The molecule has 0 saturated heterocycles. The molecule has 104 valence electrons. The Morgan fingerprint density at radius 1 is 1.21 bits per heavy atom. The van der Waals surface area contributed by atoms with E-state index in [4.69, 9.17) is 0 Å². The third-order valence-electron chi connectivity index (χ3n) is 6.26. The number of hydrogen-bond donors (Lipinski definition) is 1. The lowest BCUT2D eigenvalue weighted by molar-refractivity contribution is 0.456. The predicted molar refractivity (Wildman–Crippen MR) is 78.0 cm³/mol. The standard InChI is InChI=1S/C17H26N2/c1-4-19-10(2)7-14(11(19)3)9-18-17-15-12-5-6-13(8-12)16(15)17/h7,12-13,15-18H,4-6,8-9H2,1-3H3. The van der Waals surface area contributed by atoms with Gasteiger partial charge in [0, 0.05) is 30.5 Å². The fourth-order valence-electron chi connectivity index (χ4n) is 5.36. The van der Waals surface area contributed by atoms with E-state index >= 15 is 0 Å². The van der Waals surface area contributed by atoms with Crippen molar-refractivity contribution in [2.24, 2.45) is 23.7 Å². The van der Waals surface area contributed by atoms with Crippen LogP contribution >= 0.6 is 0 Å². The molecule has 2 heteroatoms. The molecule has 0 radical (unpaired) electrons. The van der Waals surface area contributed by atoms with Crippen molar-refractivity contribution < 1.29 is 0 Å². The SMILES string of the molecule is CCn1c(C)cc(CNC2C3C4CCC(C4)C23)c1C. The zero-order valence-electron chi connectivity index (χ0n) is 12.4. The summed E-state index contributed by atoms with van der Waals surface area (Å²) in [6.45, 7) is 8.91. The maximum atomic E-state index is 3.87. The first kappa shape index (κ1) is 12.0. The zero-order chi connectivity index (χ0) is 13.1. The van der Waals surface area contributed by atoms with Gasteiger partial charge in [-0.05, 0) is 75.3 Å². The molecule has 1 aromatic rings. The molecule has 3 saturated carbocycles. The minimum absolute atomic E-state index is 0.857. The second-order valence-electron chi connectivity index (χ2n) is 7.04. The van der Waals surface area contributed by atoms with E-state index in [0.717, 1.165) is 42.8 Å². The topological polar surface area (TPSA) is 17.0 Å².